The fourth-order valence-corrected chi connectivity index (χ4v) is 2.52. The molecular formula is C15H21FN2O2. The minimum atomic E-state index is -0.522. The van der Waals surface area contributed by atoms with E-state index in [0.29, 0.717) is 11.7 Å². The molecule has 110 valence electrons. The van der Waals surface area contributed by atoms with E-state index in [-0.39, 0.29) is 11.6 Å². The van der Waals surface area contributed by atoms with E-state index in [1.54, 1.807) is 6.07 Å². The van der Waals surface area contributed by atoms with Gasteiger partial charge >= 0.3 is 5.97 Å². The largest absolute Gasteiger partial charge is 0.465 e. The zero-order valence-electron chi connectivity index (χ0n) is 12.1. The van der Waals surface area contributed by atoms with Crippen LogP contribution in [-0.2, 0) is 4.74 Å². The molecule has 0 aromatic heterocycles. The van der Waals surface area contributed by atoms with Crippen LogP contribution in [0.3, 0.4) is 0 Å². The number of carbonyl (C=O) groups is 1. The van der Waals surface area contributed by atoms with Crippen LogP contribution in [0, 0.1) is 5.82 Å². The van der Waals surface area contributed by atoms with Gasteiger partial charge in [-0.3, -0.25) is 4.90 Å². The number of hydrogen-bond donors (Lipinski definition) is 1. The van der Waals surface area contributed by atoms with Gasteiger partial charge in [0, 0.05) is 30.9 Å². The van der Waals surface area contributed by atoms with Gasteiger partial charge in [-0.1, -0.05) is 0 Å². The minimum absolute atomic E-state index is 0.246. The van der Waals surface area contributed by atoms with Crippen LogP contribution in [0.2, 0.25) is 0 Å². The summed E-state index contributed by atoms with van der Waals surface area (Å²) in [6.07, 6.45) is 1.01. The maximum absolute atomic E-state index is 13.3. The third-order valence-corrected chi connectivity index (χ3v) is 3.70. The second kappa shape index (κ2) is 6.22. The van der Waals surface area contributed by atoms with E-state index in [4.69, 9.17) is 4.74 Å². The summed E-state index contributed by atoms with van der Waals surface area (Å²) in [6, 6.07) is 4.94. The number of benzene rings is 1. The fraction of sp³-hybridized carbons (Fsp3) is 0.533. The molecule has 1 aliphatic rings. The molecule has 1 N–H and O–H groups in total. The Bertz CT molecular complexity index is 491. The lowest BCUT2D eigenvalue weighted by Crippen LogP contribution is -2.31. The maximum Gasteiger partial charge on any atom is 0.340 e. The van der Waals surface area contributed by atoms with Crippen molar-refractivity contribution in [3.05, 3.63) is 29.6 Å². The SMILES string of the molecule is COC(=O)c1cc(F)ccc1NC1CCN(C(C)C)C1. The molecule has 2 rings (SSSR count). The zero-order chi connectivity index (χ0) is 14.7. The molecule has 0 radical (unpaired) electrons. The van der Waals surface area contributed by atoms with Gasteiger partial charge in [0.15, 0.2) is 0 Å². The number of hydrogen-bond acceptors (Lipinski definition) is 4. The Kier molecular flexibility index (Phi) is 4.60. The summed E-state index contributed by atoms with van der Waals surface area (Å²) in [5, 5.41) is 3.33. The van der Waals surface area contributed by atoms with E-state index in [9.17, 15) is 9.18 Å². The Balaban J connectivity index is 2.12. The standard InChI is InChI=1S/C15H21FN2O2/c1-10(2)18-7-6-12(9-18)17-14-5-4-11(16)8-13(14)15(19)20-3/h4-5,8,10,12,17H,6-7,9H2,1-3H3. The number of carbonyl (C=O) groups excluding carboxylic acids is 1. The molecule has 1 unspecified atom stereocenters. The Morgan fingerprint density at radius 2 is 2.25 bits per heavy atom. The van der Waals surface area contributed by atoms with Crippen molar-refractivity contribution >= 4 is 11.7 Å². The summed E-state index contributed by atoms with van der Waals surface area (Å²) in [4.78, 5) is 14.1. The van der Waals surface area contributed by atoms with Gasteiger partial charge in [-0.25, -0.2) is 9.18 Å². The summed E-state index contributed by atoms with van der Waals surface area (Å²) in [6.45, 7) is 6.29. The van der Waals surface area contributed by atoms with Crippen LogP contribution in [0.15, 0.2) is 18.2 Å². The molecule has 1 saturated heterocycles. The quantitative estimate of drug-likeness (QED) is 0.860. The molecule has 1 fully saturated rings. The van der Waals surface area contributed by atoms with Crippen LogP contribution >= 0.6 is 0 Å². The number of esters is 1. The molecule has 0 bridgehead atoms. The van der Waals surface area contributed by atoms with Crippen molar-refractivity contribution in [1.82, 2.24) is 4.90 Å². The van der Waals surface area contributed by atoms with Gasteiger partial charge in [0.2, 0.25) is 0 Å². The zero-order valence-corrected chi connectivity index (χ0v) is 12.1. The number of anilines is 1. The van der Waals surface area contributed by atoms with Gasteiger partial charge in [-0.05, 0) is 38.5 Å². The first kappa shape index (κ1) is 14.8. The lowest BCUT2D eigenvalue weighted by Gasteiger charge is -2.21. The van der Waals surface area contributed by atoms with Crippen molar-refractivity contribution < 1.29 is 13.9 Å². The molecular weight excluding hydrogens is 259 g/mol. The van der Waals surface area contributed by atoms with Gasteiger partial charge < -0.3 is 10.1 Å². The molecule has 1 aromatic rings. The van der Waals surface area contributed by atoms with E-state index in [2.05, 4.69) is 24.1 Å². The monoisotopic (exact) mass is 280 g/mol. The third-order valence-electron chi connectivity index (χ3n) is 3.70. The highest BCUT2D eigenvalue weighted by atomic mass is 19.1. The van der Waals surface area contributed by atoms with Crippen LogP contribution in [-0.4, -0.2) is 43.2 Å². The van der Waals surface area contributed by atoms with E-state index < -0.39 is 11.8 Å². The van der Waals surface area contributed by atoms with Crippen molar-refractivity contribution in [1.29, 1.82) is 0 Å². The second-order valence-corrected chi connectivity index (χ2v) is 5.40. The van der Waals surface area contributed by atoms with Crippen LogP contribution in [0.1, 0.15) is 30.6 Å². The summed E-state index contributed by atoms with van der Waals surface area (Å²) >= 11 is 0. The van der Waals surface area contributed by atoms with Crippen LogP contribution in [0.25, 0.3) is 0 Å². The van der Waals surface area contributed by atoms with Crippen molar-refractivity contribution in [2.75, 3.05) is 25.5 Å². The Morgan fingerprint density at radius 3 is 2.85 bits per heavy atom. The van der Waals surface area contributed by atoms with Gasteiger partial charge in [0.05, 0.1) is 12.7 Å². The molecule has 4 nitrogen and oxygen atoms in total. The molecule has 1 aromatic carbocycles. The van der Waals surface area contributed by atoms with Crippen molar-refractivity contribution in [3.63, 3.8) is 0 Å². The highest BCUT2D eigenvalue weighted by Crippen LogP contribution is 2.22. The summed E-state index contributed by atoms with van der Waals surface area (Å²) in [5.41, 5.74) is 0.879. The predicted octanol–water partition coefficient (Wildman–Crippen LogP) is 2.51. The molecule has 0 saturated carbocycles. The van der Waals surface area contributed by atoms with Crippen LogP contribution in [0.5, 0.6) is 0 Å². The normalized spacial score (nSPS) is 19.4. The first-order valence-corrected chi connectivity index (χ1v) is 6.89. The number of methoxy groups -OCH3 is 1. The van der Waals surface area contributed by atoms with Gasteiger partial charge in [0.1, 0.15) is 5.82 Å². The maximum atomic E-state index is 13.3. The number of nitrogens with zero attached hydrogens (tertiary/aromatic N) is 1. The van der Waals surface area contributed by atoms with E-state index in [1.807, 2.05) is 0 Å². The first-order valence-electron chi connectivity index (χ1n) is 6.89. The molecule has 0 spiro atoms. The number of halogens is 1. The van der Waals surface area contributed by atoms with Crippen molar-refractivity contribution in [2.45, 2.75) is 32.4 Å². The lowest BCUT2D eigenvalue weighted by atomic mass is 10.1. The topological polar surface area (TPSA) is 41.6 Å². The number of ether oxygens (including phenoxy) is 1. The highest BCUT2D eigenvalue weighted by molar-refractivity contribution is 5.95. The highest BCUT2D eigenvalue weighted by Gasteiger charge is 2.25. The minimum Gasteiger partial charge on any atom is -0.465 e. The predicted molar refractivity (Wildman–Crippen MR) is 76.5 cm³/mol. The molecule has 0 aliphatic carbocycles. The van der Waals surface area contributed by atoms with Gasteiger partial charge in [-0.2, -0.15) is 0 Å². The first-order chi connectivity index (χ1) is 9.51. The van der Waals surface area contributed by atoms with Crippen molar-refractivity contribution in [3.8, 4) is 0 Å². The van der Waals surface area contributed by atoms with Gasteiger partial charge in [0.25, 0.3) is 0 Å². The van der Waals surface area contributed by atoms with Gasteiger partial charge in [-0.15, -0.1) is 0 Å². The van der Waals surface area contributed by atoms with E-state index in [0.717, 1.165) is 19.5 Å². The van der Waals surface area contributed by atoms with Crippen molar-refractivity contribution in [2.24, 2.45) is 0 Å². The van der Waals surface area contributed by atoms with E-state index in [1.165, 1.54) is 19.2 Å². The molecule has 1 heterocycles. The molecule has 1 atom stereocenters. The Labute approximate surface area is 118 Å². The average molecular weight is 280 g/mol. The second-order valence-electron chi connectivity index (χ2n) is 5.40. The fourth-order valence-electron chi connectivity index (χ4n) is 2.52. The molecule has 1 aliphatic heterocycles. The Morgan fingerprint density at radius 1 is 1.50 bits per heavy atom. The molecule has 5 heteroatoms. The lowest BCUT2D eigenvalue weighted by molar-refractivity contribution is 0.0601. The number of nitrogens with one attached hydrogen (secondary N) is 1. The van der Waals surface area contributed by atoms with Crippen LogP contribution < -0.4 is 5.32 Å². The Hall–Kier alpha value is -1.62. The summed E-state index contributed by atoms with van der Waals surface area (Å²) in [5.74, 6) is -0.961. The summed E-state index contributed by atoms with van der Waals surface area (Å²) < 4.78 is 18.0. The van der Waals surface area contributed by atoms with E-state index >= 15 is 0 Å². The molecule has 20 heavy (non-hydrogen) atoms. The molecule has 0 amide bonds. The average Bonchev–Trinajstić information content (AvgIpc) is 2.88. The smallest absolute Gasteiger partial charge is 0.340 e. The third kappa shape index (κ3) is 3.28. The number of rotatable bonds is 4. The number of likely N-dealkylation sites (tertiary alicyclic amines) is 1. The summed E-state index contributed by atoms with van der Waals surface area (Å²) in [7, 11) is 1.30. The van der Waals surface area contributed by atoms with Crippen LogP contribution in [0.4, 0.5) is 10.1 Å².